The summed E-state index contributed by atoms with van der Waals surface area (Å²) in [5.41, 5.74) is 5.14. The van der Waals surface area contributed by atoms with Gasteiger partial charge in [-0.2, -0.15) is 0 Å². The fraction of sp³-hybridized carbons (Fsp3) is 0.348. The van der Waals surface area contributed by atoms with Crippen LogP contribution in [0, 0.1) is 12.8 Å². The highest BCUT2D eigenvalue weighted by atomic mass is 16.2. The monoisotopic (exact) mass is 387 g/mol. The van der Waals surface area contributed by atoms with Gasteiger partial charge in [-0.05, 0) is 30.9 Å². The fourth-order valence-electron chi connectivity index (χ4n) is 4.50. The quantitative estimate of drug-likeness (QED) is 0.583. The number of hydrogen-bond donors (Lipinski definition) is 1. The van der Waals surface area contributed by atoms with Crippen molar-refractivity contribution in [3.8, 4) is 0 Å². The summed E-state index contributed by atoms with van der Waals surface area (Å²) in [5, 5.41) is 0. The zero-order chi connectivity index (χ0) is 20.0. The van der Waals surface area contributed by atoms with Gasteiger partial charge in [0.2, 0.25) is 5.91 Å². The lowest BCUT2D eigenvalue weighted by molar-refractivity contribution is -0.132. The van der Waals surface area contributed by atoms with Crippen molar-refractivity contribution in [2.24, 2.45) is 5.92 Å². The van der Waals surface area contributed by atoms with Crippen LogP contribution in [-0.4, -0.2) is 43.2 Å². The third-order valence-electron chi connectivity index (χ3n) is 6.17. The molecule has 0 spiro atoms. The van der Waals surface area contributed by atoms with Gasteiger partial charge in [-0.3, -0.25) is 9.20 Å². The molecule has 4 heterocycles. The summed E-state index contributed by atoms with van der Waals surface area (Å²) in [6.07, 6.45) is 7.08. The van der Waals surface area contributed by atoms with Gasteiger partial charge in [0.1, 0.15) is 5.82 Å². The van der Waals surface area contributed by atoms with E-state index in [1.807, 2.05) is 41.7 Å². The van der Waals surface area contributed by atoms with Crippen LogP contribution in [-0.2, 0) is 11.2 Å². The molecule has 4 aromatic rings. The van der Waals surface area contributed by atoms with Gasteiger partial charge < -0.3 is 9.88 Å². The molecule has 1 fully saturated rings. The van der Waals surface area contributed by atoms with Gasteiger partial charge in [-0.1, -0.05) is 36.8 Å². The van der Waals surface area contributed by atoms with Crippen LogP contribution >= 0.6 is 0 Å². The molecule has 2 atom stereocenters. The number of aryl methyl sites for hydroxylation is 1. The molecular weight excluding hydrogens is 362 g/mol. The molecule has 0 aliphatic carbocycles. The Bertz CT molecular complexity index is 1190. The zero-order valence-electron chi connectivity index (χ0n) is 16.8. The molecule has 148 valence electrons. The van der Waals surface area contributed by atoms with Crippen molar-refractivity contribution < 1.29 is 4.79 Å². The molecule has 0 radical (unpaired) electrons. The Morgan fingerprint density at radius 2 is 2.10 bits per heavy atom. The Labute approximate surface area is 169 Å². The van der Waals surface area contributed by atoms with E-state index < -0.39 is 0 Å². The van der Waals surface area contributed by atoms with Gasteiger partial charge in [0.15, 0.2) is 5.65 Å². The number of nitrogens with one attached hydrogen (secondary N) is 1. The Hall–Kier alpha value is -3.15. The van der Waals surface area contributed by atoms with Crippen molar-refractivity contribution >= 4 is 22.6 Å². The van der Waals surface area contributed by atoms with Crippen LogP contribution in [0.4, 0.5) is 0 Å². The van der Waals surface area contributed by atoms with E-state index in [4.69, 9.17) is 4.98 Å². The maximum absolute atomic E-state index is 13.0. The van der Waals surface area contributed by atoms with E-state index in [0.29, 0.717) is 18.9 Å². The van der Waals surface area contributed by atoms with Crippen molar-refractivity contribution in [1.29, 1.82) is 0 Å². The average Bonchev–Trinajstić information content (AvgIpc) is 3.34. The molecule has 1 aliphatic rings. The molecule has 0 saturated carbocycles. The highest BCUT2D eigenvalue weighted by Gasteiger charge is 2.32. The molecule has 6 nitrogen and oxygen atoms in total. The second-order valence-electron chi connectivity index (χ2n) is 8.22. The van der Waals surface area contributed by atoms with E-state index in [1.54, 1.807) is 0 Å². The number of carbonyl (C=O) groups excluding carboxylic acids is 1. The van der Waals surface area contributed by atoms with Crippen LogP contribution in [0.2, 0.25) is 0 Å². The third-order valence-corrected chi connectivity index (χ3v) is 6.17. The number of piperidine rings is 1. The largest absolute Gasteiger partial charge is 0.345 e. The number of amides is 1. The van der Waals surface area contributed by atoms with E-state index in [-0.39, 0.29) is 11.8 Å². The Kier molecular flexibility index (Phi) is 4.34. The number of benzene rings is 1. The minimum absolute atomic E-state index is 0.196. The number of likely N-dealkylation sites (tertiary alicyclic amines) is 1. The van der Waals surface area contributed by atoms with Gasteiger partial charge >= 0.3 is 0 Å². The van der Waals surface area contributed by atoms with Gasteiger partial charge in [0.05, 0.1) is 29.8 Å². The first-order valence-corrected chi connectivity index (χ1v) is 10.2. The molecule has 0 unspecified atom stereocenters. The molecule has 1 amide bonds. The predicted molar refractivity (Wildman–Crippen MR) is 113 cm³/mol. The number of hydrogen-bond acceptors (Lipinski definition) is 3. The fourth-order valence-corrected chi connectivity index (χ4v) is 4.50. The van der Waals surface area contributed by atoms with E-state index in [9.17, 15) is 4.79 Å². The van der Waals surface area contributed by atoms with Gasteiger partial charge in [0, 0.05) is 25.2 Å². The van der Waals surface area contributed by atoms with Crippen LogP contribution in [0.3, 0.4) is 0 Å². The van der Waals surface area contributed by atoms with Gasteiger partial charge in [-0.25, -0.2) is 9.97 Å². The lowest BCUT2D eigenvalue weighted by Crippen LogP contribution is -2.43. The molecule has 1 N–H and O–H groups in total. The first-order chi connectivity index (χ1) is 14.1. The molecule has 0 bridgehead atoms. The van der Waals surface area contributed by atoms with Crippen molar-refractivity contribution in [2.45, 2.75) is 32.6 Å². The van der Waals surface area contributed by atoms with Crippen LogP contribution < -0.4 is 0 Å². The average molecular weight is 387 g/mol. The van der Waals surface area contributed by atoms with Crippen molar-refractivity contribution in [2.75, 3.05) is 13.1 Å². The van der Waals surface area contributed by atoms with E-state index >= 15 is 0 Å². The summed E-state index contributed by atoms with van der Waals surface area (Å²) in [4.78, 5) is 27.4. The molecular formula is C23H25N5O. The third kappa shape index (κ3) is 3.18. The van der Waals surface area contributed by atoms with Crippen molar-refractivity contribution in [1.82, 2.24) is 24.3 Å². The Morgan fingerprint density at radius 3 is 2.97 bits per heavy atom. The lowest BCUT2D eigenvalue weighted by atomic mass is 9.86. The maximum atomic E-state index is 13.0. The molecule has 1 saturated heterocycles. The number of rotatable bonds is 3. The Balaban J connectivity index is 1.44. The first kappa shape index (κ1) is 17.9. The molecule has 6 heteroatoms. The predicted octanol–water partition coefficient (Wildman–Crippen LogP) is 3.71. The SMILES string of the molecule is Cc1cccc(CC(=O)N2CC[C@@H](C)[C@@H](c3ncc4cnc5[nH]ccc5n34)C2)c1. The number of carbonyl (C=O) groups is 1. The Morgan fingerprint density at radius 1 is 1.24 bits per heavy atom. The summed E-state index contributed by atoms with van der Waals surface area (Å²) in [6.45, 7) is 5.85. The summed E-state index contributed by atoms with van der Waals surface area (Å²) < 4.78 is 2.19. The van der Waals surface area contributed by atoms with E-state index in [1.165, 1.54) is 5.56 Å². The zero-order valence-corrected chi connectivity index (χ0v) is 16.8. The number of H-pyrrole nitrogens is 1. The summed E-state index contributed by atoms with van der Waals surface area (Å²) in [5.74, 6) is 1.88. The van der Waals surface area contributed by atoms with Gasteiger partial charge in [-0.15, -0.1) is 0 Å². The highest BCUT2D eigenvalue weighted by molar-refractivity contribution is 5.79. The number of aromatic amines is 1. The molecule has 29 heavy (non-hydrogen) atoms. The lowest BCUT2D eigenvalue weighted by Gasteiger charge is -2.36. The number of imidazole rings is 1. The van der Waals surface area contributed by atoms with Crippen LogP contribution in [0.25, 0.3) is 16.7 Å². The second kappa shape index (κ2) is 7.03. The summed E-state index contributed by atoms with van der Waals surface area (Å²) >= 11 is 0. The second-order valence-corrected chi connectivity index (χ2v) is 8.22. The normalized spacial score (nSPS) is 19.9. The van der Waals surface area contributed by atoms with Crippen LogP contribution in [0.15, 0.2) is 48.9 Å². The standard InChI is InChI=1S/C23H25N5O/c1-15-4-3-5-17(10-15)11-21(29)27-9-7-16(2)19(14-27)23-26-13-18-12-25-22-20(28(18)23)6-8-24-22/h3-6,8,10,12-13,16,19,24H,7,9,11,14H2,1-2H3/t16-,19+/m1/s1. The first-order valence-electron chi connectivity index (χ1n) is 10.2. The number of nitrogens with zero attached hydrogens (tertiary/aromatic N) is 4. The topological polar surface area (TPSA) is 66.3 Å². The summed E-state index contributed by atoms with van der Waals surface area (Å²) in [7, 11) is 0. The molecule has 1 aliphatic heterocycles. The maximum Gasteiger partial charge on any atom is 0.227 e. The highest BCUT2D eigenvalue weighted by Crippen LogP contribution is 2.33. The smallest absolute Gasteiger partial charge is 0.227 e. The van der Waals surface area contributed by atoms with Crippen LogP contribution in [0.1, 0.15) is 36.2 Å². The van der Waals surface area contributed by atoms with E-state index in [2.05, 4.69) is 40.3 Å². The van der Waals surface area contributed by atoms with Gasteiger partial charge in [0.25, 0.3) is 0 Å². The molecule has 3 aromatic heterocycles. The number of fused-ring (bicyclic) bond motifs is 3. The van der Waals surface area contributed by atoms with Crippen molar-refractivity contribution in [3.63, 3.8) is 0 Å². The molecule has 5 rings (SSSR count). The molecule has 1 aromatic carbocycles. The minimum Gasteiger partial charge on any atom is -0.345 e. The van der Waals surface area contributed by atoms with E-state index in [0.717, 1.165) is 41.0 Å². The number of aromatic nitrogens is 4. The van der Waals surface area contributed by atoms with Crippen LogP contribution in [0.5, 0.6) is 0 Å². The summed E-state index contributed by atoms with van der Waals surface area (Å²) in [6, 6.07) is 10.2. The minimum atomic E-state index is 0.196. The van der Waals surface area contributed by atoms with Crippen molar-refractivity contribution in [3.05, 3.63) is 65.9 Å².